The first kappa shape index (κ1) is 9.99. The van der Waals surface area contributed by atoms with Crippen LogP contribution in [-0.4, -0.2) is 10.5 Å². The van der Waals surface area contributed by atoms with Gasteiger partial charge in [0.2, 0.25) is 10.5 Å². The first-order valence-electron chi connectivity index (χ1n) is 5.02. The van der Waals surface area contributed by atoms with Crippen LogP contribution in [0, 0.1) is 6.92 Å². The van der Waals surface area contributed by atoms with Crippen molar-refractivity contribution in [2.75, 3.05) is 0 Å². The van der Waals surface area contributed by atoms with Crippen LogP contribution in [0.1, 0.15) is 5.56 Å². The quantitative estimate of drug-likeness (QED) is 0.697. The van der Waals surface area contributed by atoms with Crippen molar-refractivity contribution in [1.82, 2.24) is 0 Å². The minimum Gasteiger partial charge on any atom is -0.553 e. The Bertz CT molecular complexity index is 466. The molecule has 0 saturated carbocycles. The van der Waals surface area contributed by atoms with Gasteiger partial charge in [-0.25, -0.2) is 0 Å². The molecule has 0 radical (unpaired) electrons. The molecule has 0 bridgehead atoms. The summed E-state index contributed by atoms with van der Waals surface area (Å²) in [6, 6.07) is 16.6. The molecule has 2 aromatic carbocycles. The number of hydrogen-bond acceptors (Lipinski definition) is 1. The zero-order chi connectivity index (χ0) is 10.7. The van der Waals surface area contributed by atoms with Crippen LogP contribution in [0.3, 0.4) is 0 Å². The van der Waals surface area contributed by atoms with Crippen molar-refractivity contribution in [2.24, 2.45) is 0 Å². The monoisotopic (exact) mass is 214 g/mol. The zero-order valence-electron chi connectivity index (χ0n) is 9.03. The third-order valence-corrected chi connectivity index (χ3v) is 2.98. The Kier molecular flexibility index (Phi) is 2.88. The smallest absolute Gasteiger partial charge is 0.204 e. The summed E-state index contributed by atoms with van der Waals surface area (Å²) in [5, 5.41) is 0. The lowest BCUT2D eigenvalue weighted by Gasteiger charge is -2.10. The van der Waals surface area contributed by atoms with Gasteiger partial charge in [-0.15, -0.1) is 0 Å². The molecule has 0 amide bonds. The van der Waals surface area contributed by atoms with Crippen molar-refractivity contribution in [2.45, 2.75) is 6.92 Å². The van der Waals surface area contributed by atoms with Crippen LogP contribution in [0.25, 0.3) is 11.1 Å². The SMILES string of the molecule is Cc1ccccc1-c1ccccc1O[SiH3]. The summed E-state index contributed by atoms with van der Waals surface area (Å²) in [7, 11) is 0.724. The third kappa shape index (κ3) is 1.95. The lowest BCUT2D eigenvalue weighted by Crippen LogP contribution is -1.90. The molecular formula is C13H14OSi. The first-order valence-corrected chi connectivity index (χ1v) is 5.83. The summed E-state index contributed by atoms with van der Waals surface area (Å²) < 4.78 is 5.49. The maximum Gasteiger partial charge on any atom is 0.204 e. The fourth-order valence-electron chi connectivity index (χ4n) is 1.74. The Hall–Kier alpha value is -1.54. The van der Waals surface area contributed by atoms with Crippen LogP contribution in [0.5, 0.6) is 5.75 Å². The maximum atomic E-state index is 5.49. The van der Waals surface area contributed by atoms with E-state index in [2.05, 4.69) is 37.3 Å². The fraction of sp³-hybridized carbons (Fsp3) is 0.0769. The Morgan fingerprint density at radius 1 is 0.867 bits per heavy atom. The van der Waals surface area contributed by atoms with E-state index in [0.29, 0.717) is 0 Å². The average Bonchev–Trinajstić information content (AvgIpc) is 2.30. The highest BCUT2D eigenvalue weighted by molar-refractivity contribution is 6.00. The zero-order valence-corrected chi connectivity index (χ0v) is 11.0. The first-order chi connectivity index (χ1) is 7.33. The van der Waals surface area contributed by atoms with Gasteiger partial charge >= 0.3 is 0 Å². The van der Waals surface area contributed by atoms with E-state index in [1.54, 1.807) is 0 Å². The molecule has 0 unspecified atom stereocenters. The van der Waals surface area contributed by atoms with Crippen molar-refractivity contribution in [1.29, 1.82) is 0 Å². The predicted molar refractivity (Wildman–Crippen MR) is 67.2 cm³/mol. The molecule has 76 valence electrons. The van der Waals surface area contributed by atoms with Crippen molar-refractivity contribution < 1.29 is 4.43 Å². The Morgan fingerprint density at radius 2 is 1.47 bits per heavy atom. The molecule has 0 aliphatic rings. The second kappa shape index (κ2) is 4.32. The topological polar surface area (TPSA) is 9.23 Å². The van der Waals surface area contributed by atoms with E-state index in [1.807, 2.05) is 18.2 Å². The molecule has 0 aliphatic heterocycles. The largest absolute Gasteiger partial charge is 0.553 e. The van der Waals surface area contributed by atoms with Gasteiger partial charge in [0.15, 0.2) is 0 Å². The summed E-state index contributed by atoms with van der Waals surface area (Å²) in [6.07, 6.45) is 0. The van der Waals surface area contributed by atoms with Crippen molar-refractivity contribution >= 4 is 10.5 Å². The van der Waals surface area contributed by atoms with Crippen LogP contribution in [0.2, 0.25) is 0 Å². The number of rotatable bonds is 2. The Balaban J connectivity index is 2.59. The molecule has 2 aromatic rings. The Morgan fingerprint density at radius 3 is 2.13 bits per heavy atom. The van der Waals surface area contributed by atoms with Gasteiger partial charge in [-0.3, -0.25) is 0 Å². The molecule has 0 heterocycles. The van der Waals surface area contributed by atoms with E-state index < -0.39 is 0 Å². The number of para-hydroxylation sites is 1. The second-order valence-electron chi connectivity index (χ2n) is 3.52. The summed E-state index contributed by atoms with van der Waals surface area (Å²) >= 11 is 0. The minimum absolute atomic E-state index is 0.724. The van der Waals surface area contributed by atoms with Gasteiger partial charge in [0.05, 0.1) is 0 Å². The van der Waals surface area contributed by atoms with Gasteiger partial charge in [0.25, 0.3) is 0 Å². The summed E-state index contributed by atoms with van der Waals surface area (Å²) in [5.41, 5.74) is 3.72. The third-order valence-electron chi connectivity index (χ3n) is 2.54. The normalized spacial score (nSPS) is 10.2. The van der Waals surface area contributed by atoms with E-state index in [4.69, 9.17) is 4.43 Å². The van der Waals surface area contributed by atoms with E-state index in [0.717, 1.165) is 16.2 Å². The van der Waals surface area contributed by atoms with Crippen molar-refractivity contribution in [3.8, 4) is 16.9 Å². The molecule has 1 nitrogen and oxygen atoms in total. The number of hydrogen-bond donors (Lipinski definition) is 0. The number of aryl methyl sites for hydroxylation is 1. The molecule has 0 fully saturated rings. The molecule has 0 N–H and O–H groups in total. The highest BCUT2D eigenvalue weighted by Crippen LogP contribution is 2.31. The van der Waals surface area contributed by atoms with Gasteiger partial charge in [-0.1, -0.05) is 42.5 Å². The highest BCUT2D eigenvalue weighted by Gasteiger charge is 2.05. The van der Waals surface area contributed by atoms with Crippen LogP contribution in [-0.2, 0) is 0 Å². The molecule has 0 spiro atoms. The van der Waals surface area contributed by atoms with Gasteiger partial charge in [-0.2, -0.15) is 0 Å². The van der Waals surface area contributed by atoms with E-state index in [-0.39, 0.29) is 0 Å². The van der Waals surface area contributed by atoms with Crippen LogP contribution < -0.4 is 4.43 Å². The molecule has 0 atom stereocenters. The molecular weight excluding hydrogens is 200 g/mol. The summed E-state index contributed by atoms with van der Waals surface area (Å²) in [4.78, 5) is 0. The molecule has 2 rings (SSSR count). The Labute approximate surface area is 93.3 Å². The van der Waals surface area contributed by atoms with E-state index >= 15 is 0 Å². The average molecular weight is 214 g/mol. The predicted octanol–water partition coefficient (Wildman–Crippen LogP) is 2.32. The van der Waals surface area contributed by atoms with Crippen molar-refractivity contribution in [3.63, 3.8) is 0 Å². The molecule has 0 aromatic heterocycles. The van der Waals surface area contributed by atoms with E-state index in [9.17, 15) is 0 Å². The van der Waals surface area contributed by atoms with Gasteiger partial charge in [-0.05, 0) is 24.1 Å². The van der Waals surface area contributed by atoms with Crippen LogP contribution >= 0.6 is 0 Å². The van der Waals surface area contributed by atoms with Crippen LogP contribution in [0.4, 0.5) is 0 Å². The lowest BCUT2D eigenvalue weighted by molar-refractivity contribution is 0.618. The fourth-order valence-corrected chi connectivity index (χ4v) is 2.10. The highest BCUT2D eigenvalue weighted by atomic mass is 28.2. The number of benzene rings is 2. The van der Waals surface area contributed by atoms with E-state index in [1.165, 1.54) is 16.7 Å². The second-order valence-corrected chi connectivity index (χ2v) is 3.92. The summed E-state index contributed by atoms with van der Waals surface area (Å²) in [5.74, 6) is 0.985. The lowest BCUT2D eigenvalue weighted by atomic mass is 10.00. The van der Waals surface area contributed by atoms with Crippen LogP contribution in [0.15, 0.2) is 48.5 Å². The van der Waals surface area contributed by atoms with Gasteiger partial charge < -0.3 is 4.43 Å². The molecule has 2 heteroatoms. The van der Waals surface area contributed by atoms with Crippen molar-refractivity contribution in [3.05, 3.63) is 54.1 Å². The van der Waals surface area contributed by atoms with Gasteiger partial charge in [0, 0.05) is 5.56 Å². The molecule has 15 heavy (non-hydrogen) atoms. The summed E-state index contributed by atoms with van der Waals surface area (Å²) in [6.45, 7) is 2.12. The maximum absolute atomic E-state index is 5.49. The standard InChI is InChI=1S/C13H14OSi/c1-10-6-2-3-7-11(10)12-8-4-5-9-13(12)14-15/h2-9H,1,15H3. The minimum atomic E-state index is 0.724. The molecule has 0 aliphatic carbocycles. The molecule has 0 saturated heterocycles. The van der Waals surface area contributed by atoms with Gasteiger partial charge in [0.1, 0.15) is 5.75 Å².